The van der Waals surface area contributed by atoms with Crippen molar-refractivity contribution in [2.75, 3.05) is 0 Å². The average Bonchev–Trinajstić information content (AvgIpc) is 3.65. The molecule has 0 aliphatic heterocycles. The van der Waals surface area contributed by atoms with Crippen LogP contribution in [-0.4, -0.2) is 14.5 Å². The standard InChI is InChI=1S/C38H23N3O/c1-2-10-24(11-3-1)38-40-36-30-16-6-4-14-28(30)29-15-5-7-17-31(29)37(36)41(38)27-13-8-12-25(22-27)26-19-20-33-32(23-26)35-34(42-33)18-9-21-39-35/h1-23H. The number of imidazole rings is 1. The third-order valence-electron chi connectivity index (χ3n) is 8.23. The molecule has 4 heteroatoms. The van der Waals surface area contributed by atoms with Gasteiger partial charge in [0.15, 0.2) is 5.58 Å². The monoisotopic (exact) mass is 537 g/mol. The van der Waals surface area contributed by atoms with Gasteiger partial charge in [0.25, 0.3) is 0 Å². The van der Waals surface area contributed by atoms with Crippen LogP contribution >= 0.6 is 0 Å². The van der Waals surface area contributed by atoms with Crippen molar-refractivity contribution in [1.29, 1.82) is 0 Å². The van der Waals surface area contributed by atoms with Crippen LogP contribution in [0.1, 0.15) is 0 Å². The fourth-order valence-electron chi connectivity index (χ4n) is 6.34. The van der Waals surface area contributed by atoms with Crippen molar-refractivity contribution in [2.24, 2.45) is 0 Å². The summed E-state index contributed by atoms with van der Waals surface area (Å²) in [5.74, 6) is 0.921. The van der Waals surface area contributed by atoms with Crippen molar-refractivity contribution >= 4 is 54.6 Å². The molecule has 0 atom stereocenters. The Kier molecular flexibility index (Phi) is 4.87. The van der Waals surface area contributed by atoms with Crippen molar-refractivity contribution in [2.45, 2.75) is 0 Å². The number of pyridine rings is 1. The molecule has 0 saturated carbocycles. The van der Waals surface area contributed by atoms with Gasteiger partial charge in [-0.2, -0.15) is 0 Å². The lowest BCUT2D eigenvalue weighted by molar-refractivity contribution is 0.668. The van der Waals surface area contributed by atoms with E-state index in [1.165, 1.54) is 16.2 Å². The molecule has 4 nitrogen and oxygen atoms in total. The smallest absolute Gasteiger partial charge is 0.153 e. The molecule has 0 aliphatic rings. The minimum Gasteiger partial charge on any atom is -0.454 e. The molecule has 3 aromatic heterocycles. The van der Waals surface area contributed by atoms with Crippen LogP contribution in [-0.2, 0) is 0 Å². The maximum atomic E-state index is 6.04. The molecular weight excluding hydrogens is 514 g/mol. The molecule has 196 valence electrons. The van der Waals surface area contributed by atoms with Gasteiger partial charge in [0.2, 0.25) is 0 Å². The number of fused-ring (bicyclic) bond motifs is 9. The van der Waals surface area contributed by atoms with Gasteiger partial charge in [-0.15, -0.1) is 0 Å². The zero-order valence-electron chi connectivity index (χ0n) is 22.5. The Hall–Kier alpha value is -5.74. The molecule has 0 bridgehead atoms. The van der Waals surface area contributed by atoms with Crippen molar-refractivity contribution in [3.05, 3.63) is 140 Å². The fraction of sp³-hybridized carbons (Fsp3) is 0. The lowest BCUT2D eigenvalue weighted by atomic mass is 9.99. The zero-order valence-corrected chi connectivity index (χ0v) is 22.5. The highest BCUT2D eigenvalue weighted by molar-refractivity contribution is 6.24. The van der Waals surface area contributed by atoms with E-state index in [-0.39, 0.29) is 0 Å². The van der Waals surface area contributed by atoms with Gasteiger partial charge in [0.1, 0.15) is 16.9 Å². The van der Waals surface area contributed by atoms with Crippen LogP contribution in [0.25, 0.3) is 82.8 Å². The Labute approximate surface area is 241 Å². The SMILES string of the molecule is c1ccc(-c2nc3c4ccccc4c4ccccc4c3n2-c2cccc(-c3ccc4oc5cccnc5c4c3)c2)cc1. The van der Waals surface area contributed by atoms with Crippen LogP contribution < -0.4 is 0 Å². The number of hydrogen-bond donors (Lipinski definition) is 0. The van der Waals surface area contributed by atoms with E-state index in [4.69, 9.17) is 9.40 Å². The lowest BCUT2D eigenvalue weighted by Crippen LogP contribution is -1.98. The first-order chi connectivity index (χ1) is 20.8. The Morgan fingerprint density at radius 1 is 0.476 bits per heavy atom. The van der Waals surface area contributed by atoms with Gasteiger partial charge in [0, 0.05) is 33.6 Å². The second-order valence-electron chi connectivity index (χ2n) is 10.6. The number of benzene rings is 6. The second kappa shape index (κ2) is 8.88. The third-order valence-corrected chi connectivity index (χ3v) is 8.23. The first-order valence-electron chi connectivity index (χ1n) is 14.1. The molecule has 0 N–H and O–H groups in total. The van der Waals surface area contributed by atoms with E-state index in [1.807, 2.05) is 30.5 Å². The largest absolute Gasteiger partial charge is 0.454 e. The number of hydrogen-bond acceptors (Lipinski definition) is 3. The second-order valence-corrected chi connectivity index (χ2v) is 10.6. The van der Waals surface area contributed by atoms with Crippen LogP contribution in [0.3, 0.4) is 0 Å². The van der Waals surface area contributed by atoms with E-state index in [9.17, 15) is 0 Å². The number of furan rings is 1. The molecule has 0 unspecified atom stereocenters. The number of aromatic nitrogens is 3. The van der Waals surface area contributed by atoms with Crippen LogP contribution in [0.2, 0.25) is 0 Å². The van der Waals surface area contributed by atoms with Crippen LogP contribution in [0.15, 0.2) is 144 Å². The molecular formula is C38H23N3O. The molecule has 0 amide bonds. The van der Waals surface area contributed by atoms with E-state index in [0.717, 1.165) is 66.7 Å². The van der Waals surface area contributed by atoms with Crippen LogP contribution in [0, 0.1) is 0 Å². The summed E-state index contributed by atoms with van der Waals surface area (Å²) in [6.07, 6.45) is 1.81. The van der Waals surface area contributed by atoms with Gasteiger partial charge in [-0.1, -0.05) is 97.1 Å². The van der Waals surface area contributed by atoms with E-state index >= 15 is 0 Å². The van der Waals surface area contributed by atoms with E-state index < -0.39 is 0 Å². The molecule has 0 radical (unpaired) electrons. The summed E-state index contributed by atoms with van der Waals surface area (Å²) < 4.78 is 8.37. The minimum absolute atomic E-state index is 0.801. The Morgan fingerprint density at radius 3 is 2.05 bits per heavy atom. The summed E-state index contributed by atoms with van der Waals surface area (Å²) in [5.41, 5.74) is 9.00. The van der Waals surface area contributed by atoms with Gasteiger partial charge in [-0.3, -0.25) is 9.55 Å². The van der Waals surface area contributed by atoms with Gasteiger partial charge < -0.3 is 4.42 Å². The topological polar surface area (TPSA) is 43.9 Å². The van der Waals surface area contributed by atoms with Crippen molar-refractivity contribution in [3.8, 4) is 28.2 Å². The quantitative estimate of drug-likeness (QED) is 0.211. The summed E-state index contributed by atoms with van der Waals surface area (Å²) in [7, 11) is 0. The van der Waals surface area contributed by atoms with E-state index in [2.05, 4.69) is 119 Å². The summed E-state index contributed by atoms with van der Waals surface area (Å²) in [4.78, 5) is 9.94. The average molecular weight is 538 g/mol. The van der Waals surface area contributed by atoms with Crippen molar-refractivity contribution in [3.63, 3.8) is 0 Å². The highest BCUT2D eigenvalue weighted by Crippen LogP contribution is 2.40. The molecule has 42 heavy (non-hydrogen) atoms. The van der Waals surface area contributed by atoms with Crippen LogP contribution in [0.4, 0.5) is 0 Å². The molecule has 9 rings (SSSR count). The molecule has 0 fully saturated rings. The summed E-state index contributed by atoms with van der Waals surface area (Å²) in [6, 6.07) is 46.7. The first-order valence-corrected chi connectivity index (χ1v) is 14.1. The molecule has 0 aliphatic carbocycles. The van der Waals surface area contributed by atoms with Crippen molar-refractivity contribution < 1.29 is 4.42 Å². The molecule has 6 aromatic carbocycles. The lowest BCUT2D eigenvalue weighted by Gasteiger charge is -2.14. The maximum Gasteiger partial charge on any atom is 0.153 e. The van der Waals surface area contributed by atoms with Gasteiger partial charge in [0.05, 0.1) is 11.0 Å². The van der Waals surface area contributed by atoms with E-state index in [1.54, 1.807) is 0 Å². The molecule has 0 spiro atoms. The summed E-state index contributed by atoms with van der Waals surface area (Å²) >= 11 is 0. The highest BCUT2D eigenvalue weighted by Gasteiger charge is 2.20. The van der Waals surface area contributed by atoms with Crippen molar-refractivity contribution in [1.82, 2.24) is 14.5 Å². The third kappa shape index (κ3) is 3.36. The Bertz CT molecular complexity index is 2470. The molecule has 0 saturated heterocycles. The van der Waals surface area contributed by atoms with Gasteiger partial charge in [-0.25, -0.2) is 4.98 Å². The molecule has 9 aromatic rings. The zero-order chi connectivity index (χ0) is 27.6. The predicted molar refractivity (Wildman–Crippen MR) is 172 cm³/mol. The first kappa shape index (κ1) is 23.0. The maximum absolute atomic E-state index is 6.04. The Morgan fingerprint density at radius 2 is 1.19 bits per heavy atom. The summed E-state index contributed by atoms with van der Waals surface area (Å²) in [6.45, 7) is 0. The number of rotatable bonds is 3. The van der Waals surface area contributed by atoms with E-state index in [0.29, 0.717) is 0 Å². The minimum atomic E-state index is 0.801. The predicted octanol–water partition coefficient (Wildman–Crippen LogP) is 9.96. The van der Waals surface area contributed by atoms with Gasteiger partial charge >= 0.3 is 0 Å². The fourth-order valence-corrected chi connectivity index (χ4v) is 6.34. The summed E-state index contributed by atoms with van der Waals surface area (Å²) in [5, 5.41) is 5.80. The number of nitrogens with zero attached hydrogens (tertiary/aromatic N) is 3. The van der Waals surface area contributed by atoms with Gasteiger partial charge in [-0.05, 0) is 58.3 Å². The normalized spacial score (nSPS) is 11.8. The van der Waals surface area contributed by atoms with Crippen LogP contribution in [0.5, 0.6) is 0 Å². The molecule has 3 heterocycles. The Balaban J connectivity index is 1.35. The highest BCUT2D eigenvalue weighted by atomic mass is 16.3.